The third kappa shape index (κ3) is 3.30. The number of anilines is 1. The zero-order valence-electron chi connectivity index (χ0n) is 12.7. The largest absolute Gasteiger partial charge is 0.389 e. The molecule has 1 heterocycles. The van der Waals surface area contributed by atoms with Crippen molar-refractivity contribution in [3.8, 4) is 0 Å². The lowest BCUT2D eigenvalue weighted by molar-refractivity contribution is 0.193. The summed E-state index contributed by atoms with van der Waals surface area (Å²) < 4.78 is 0. The highest BCUT2D eigenvalue weighted by atomic mass is 32.1. The first-order valence-corrected chi connectivity index (χ1v) is 7.83. The SMILES string of the molecule is CCC(C)N1CCN(c2ccc(C(N)=S)c(C)c2)CC1. The van der Waals surface area contributed by atoms with Gasteiger partial charge in [0.05, 0.1) is 0 Å². The Labute approximate surface area is 127 Å². The summed E-state index contributed by atoms with van der Waals surface area (Å²) >= 11 is 5.06. The fourth-order valence-electron chi connectivity index (χ4n) is 2.80. The molecule has 2 N–H and O–H groups in total. The number of nitrogens with two attached hydrogens (primary N) is 1. The van der Waals surface area contributed by atoms with Crippen LogP contribution in [0.15, 0.2) is 18.2 Å². The first-order chi connectivity index (χ1) is 9.52. The predicted octanol–water partition coefficient (Wildman–Crippen LogP) is 2.55. The third-order valence-electron chi connectivity index (χ3n) is 4.37. The summed E-state index contributed by atoms with van der Waals surface area (Å²) in [4.78, 5) is 5.51. The van der Waals surface area contributed by atoms with Crippen molar-refractivity contribution in [2.24, 2.45) is 5.73 Å². The molecule has 1 aliphatic rings. The first-order valence-electron chi connectivity index (χ1n) is 7.42. The monoisotopic (exact) mass is 291 g/mol. The normalized spacial score (nSPS) is 18.1. The molecule has 20 heavy (non-hydrogen) atoms. The Hall–Kier alpha value is -1.13. The summed E-state index contributed by atoms with van der Waals surface area (Å²) in [5.74, 6) is 0. The molecular formula is C16H25N3S. The Kier molecular flexibility index (Phi) is 5.00. The molecule has 1 atom stereocenters. The minimum atomic E-state index is 0.482. The van der Waals surface area contributed by atoms with Crippen molar-refractivity contribution in [2.75, 3.05) is 31.1 Å². The lowest BCUT2D eigenvalue weighted by Gasteiger charge is -2.39. The van der Waals surface area contributed by atoms with Gasteiger partial charge in [0.15, 0.2) is 0 Å². The number of nitrogens with zero attached hydrogens (tertiary/aromatic N) is 2. The van der Waals surface area contributed by atoms with Crippen LogP contribution < -0.4 is 10.6 Å². The third-order valence-corrected chi connectivity index (χ3v) is 4.59. The Morgan fingerprint density at radius 1 is 1.30 bits per heavy atom. The number of aryl methyl sites for hydroxylation is 1. The number of hydrogen-bond acceptors (Lipinski definition) is 3. The van der Waals surface area contributed by atoms with Gasteiger partial charge >= 0.3 is 0 Å². The quantitative estimate of drug-likeness (QED) is 0.864. The molecule has 0 bridgehead atoms. The Morgan fingerprint density at radius 3 is 2.45 bits per heavy atom. The molecule has 1 aromatic rings. The second-order valence-electron chi connectivity index (χ2n) is 5.64. The molecule has 0 saturated carbocycles. The fourth-order valence-corrected chi connectivity index (χ4v) is 3.03. The first kappa shape index (κ1) is 15.3. The minimum absolute atomic E-state index is 0.482. The number of rotatable bonds is 4. The molecule has 1 aliphatic heterocycles. The van der Waals surface area contributed by atoms with Crippen molar-refractivity contribution in [1.29, 1.82) is 0 Å². The molecule has 1 saturated heterocycles. The van der Waals surface area contributed by atoms with Crippen LogP contribution in [0, 0.1) is 6.92 Å². The van der Waals surface area contributed by atoms with Gasteiger partial charge < -0.3 is 10.6 Å². The summed E-state index contributed by atoms with van der Waals surface area (Å²) in [6, 6.07) is 7.08. The highest BCUT2D eigenvalue weighted by molar-refractivity contribution is 7.80. The molecule has 4 heteroatoms. The minimum Gasteiger partial charge on any atom is -0.389 e. The summed E-state index contributed by atoms with van der Waals surface area (Å²) in [5, 5.41) is 0. The van der Waals surface area contributed by atoms with E-state index in [-0.39, 0.29) is 0 Å². The van der Waals surface area contributed by atoms with Crippen LogP contribution >= 0.6 is 12.2 Å². The summed E-state index contributed by atoms with van der Waals surface area (Å²) in [7, 11) is 0. The van der Waals surface area contributed by atoms with Crippen LogP contribution in [-0.4, -0.2) is 42.1 Å². The molecule has 110 valence electrons. The molecule has 0 radical (unpaired) electrons. The van der Waals surface area contributed by atoms with Gasteiger partial charge in [0.1, 0.15) is 4.99 Å². The van der Waals surface area contributed by atoms with Crippen LogP contribution in [0.4, 0.5) is 5.69 Å². The average Bonchev–Trinajstić information content (AvgIpc) is 2.46. The topological polar surface area (TPSA) is 32.5 Å². The van der Waals surface area contributed by atoms with Crippen molar-refractivity contribution in [3.63, 3.8) is 0 Å². The van der Waals surface area contributed by atoms with Gasteiger partial charge in [-0.05, 0) is 44.0 Å². The Balaban J connectivity index is 2.04. The van der Waals surface area contributed by atoms with Crippen LogP contribution in [0.25, 0.3) is 0 Å². The Bertz CT molecular complexity index is 479. The van der Waals surface area contributed by atoms with Crippen molar-refractivity contribution < 1.29 is 0 Å². The molecule has 0 aliphatic carbocycles. The van der Waals surface area contributed by atoms with E-state index < -0.39 is 0 Å². The lowest BCUT2D eigenvalue weighted by atomic mass is 10.1. The number of piperazine rings is 1. The van der Waals surface area contributed by atoms with Crippen LogP contribution in [0.2, 0.25) is 0 Å². The molecule has 0 aromatic heterocycles. The van der Waals surface area contributed by atoms with Crippen LogP contribution in [0.5, 0.6) is 0 Å². The van der Waals surface area contributed by atoms with Crippen molar-refractivity contribution in [1.82, 2.24) is 4.90 Å². The molecule has 2 rings (SSSR count). The van der Waals surface area contributed by atoms with Gasteiger partial charge in [0.25, 0.3) is 0 Å². The van der Waals surface area contributed by atoms with Crippen LogP contribution in [0.3, 0.4) is 0 Å². The van der Waals surface area contributed by atoms with Crippen molar-refractivity contribution >= 4 is 22.9 Å². The molecule has 3 nitrogen and oxygen atoms in total. The Morgan fingerprint density at radius 2 is 1.95 bits per heavy atom. The van der Waals surface area contributed by atoms with E-state index in [9.17, 15) is 0 Å². The van der Waals surface area contributed by atoms with E-state index >= 15 is 0 Å². The maximum Gasteiger partial charge on any atom is 0.104 e. The van der Waals surface area contributed by atoms with Gasteiger partial charge in [-0.1, -0.05) is 19.1 Å². The number of benzene rings is 1. The summed E-state index contributed by atoms with van der Waals surface area (Å²) in [6.45, 7) is 11.1. The van der Waals surface area contributed by atoms with Crippen LogP contribution in [-0.2, 0) is 0 Å². The van der Waals surface area contributed by atoms with Gasteiger partial charge in [-0.2, -0.15) is 0 Å². The lowest BCUT2D eigenvalue weighted by Crippen LogP contribution is -2.49. The van der Waals surface area contributed by atoms with E-state index in [4.69, 9.17) is 18.0 Å². The maximum absolute atomic E-state index is 5.72. The van der Waals surface area contributed by atoms with E-state index in [1.807, 2.05) is 6.07 Å². The van der Waals surface area contributed by atoms with Crippen molar-refractivity contribution in [2.45, 2.75) is 33.2 Å². The van der Waals surface area contributed by atoms with Gasteiger partial charge in [0.2, 0.25) is 0 Å². The zero-order valence-corrected chi connectivity index (χ0v) is 13.5. The van der Waals surface area contributed by atoms with Gasteiger partial charge in [-0.15, -0.1) is 0 Å². The standard InChI is InChI=1S/C16H25N3S/c1-4-13(3)18-7-9-19(10-8-18)14-5-6-15(16(17)20)12(2)11-14/h5-6,11,13H,4,7-10H2,1-3H3,(H2,17,20). The maximum atomic E-state index is 5.72. The highest BCUT2D eigenvalue weighted by Gasteiger charge is 2.20. The van der Waals surface area contributed by atoms with Crippen LogP contribution in [0.1, 0.15) is 31.4 Å². The average molecular weight is 291 g/mol. The number of thiocarbonyl (C=S) groups is 1. The van der Waals surface area contributed by atoms with E-state index in [0.717, 1.165) is 31.7 Å². The smallest absolute Gasteiger partial charge is 0.104 e. The second kappa shape index (κ2) is 6.55. The summed E-state index contributed by atoms with van der Waals surface area (Å²) in [6.07, 6.45) is 1.22. The molecule has 1 fully saturated rings. The number of hydrogen-bond donors (Lipinski definition) is 1. The van der Waals surface area contributed by atoms with Gasteiger partial charge in [-0.3, -0.25) is 4.90 Å². The predicted molar refractivity (Wildman–Crippen MR) is 90.6 cm³/mol. The molecule has 1 unspecified atom stereocenters. The highest BCUT2D eigenvalue weighted by Crippen LogP contribution is 2.21. The molecule has 0 spiro atoms. The van der Waals surface area contributed by atoms with Gasteiger partial charge in [-0.25, -0.2) is 0 Å². The van der Waals surface area contributed by atoms with E-state index in [0.29, 0.717) is 11.0 Å². The summed E-state index contributed by atoms with van der Waals surface area (Å²) in [5.41, 5.74) is 9.16. The zero-order chi connectivity index (χ0) is 14.7. The van der Waals surface area contributed by atoms with E-state index in [1.165, 1.54) is 17.7 Å². The van der Waals surface area contributed by atoms with Gasteiger partial charge in [0, 0.05) is 43.5 Å². The van der Waals surface area contributed by atoms with E-state index in [2.05, 4.69) is 42.7 Å². The molecule has 0 amide bonds. The van der Waals surface area contributed by atoms with E-state index in [1.54, 1.807) is 0 Å². The molecular weight excluding hydrogens is 266 g/mol. The molecule has 1 aromatic carbocycles. The fraction of sp³-hybridized carbons (Fsp3) is 0.562. The van der Waals surface area contributed by atoms with Crippen molar-refractivity contribution in [3.05, 3.63) is 29.3 Å². The second-order valence-corrected chi connectivity index (χ2v) is 6.08.